The van der Waals surface area contributed by atoms with Gasteiger partial charge in [0.2, 0.25) is 0 Å². The van der Waals surface area contributed by atoms with E-state index in [1.807, 2.05) is 0 Å². The van der Waals surface area contributed by atoms with Crippen LogP contribution in [0.4, 0.5) is 8.78 Å². The lowest BCUT2D eigenvalue weighted by Gasteiger charge is -2.37. The van der Waals surface area contributed by atoms with Crippen LogP contribution in [0.3, 0.4) is 0 Å². The van der Waals surface area contributed by atoms with Gasteiger partial charge in [-0.3, -0.25) is 9.78 Å². The molecule has 1 fully saturated rings. The predicted octanol–water partition coefficient (Wildman–Crippen LogP) is 3.53. The fraction of sp³-hybridized carbons (Fsp3) is 0.400. The quantitative estimate of drug-likeness (QED) is 0.598. The van der Waals surface area contributed by atoms with Gasteiger partial charge in [-0.1, -0.05) is 19.9 Å². The zero-order chi connectivity index (χ0) is 24.3. The number of rotatable bonds is 5. The highest BCUT2D eigenvalue weighted by atomic mass is 19.1. The van der Waals surface area contributed by atoms with Gasteiger partial charge in [0.15, 0.2) is 0 Å². The summed E-state index contributed by atoms with van der Waals surface area (Å²) in [4.78, 5) is 21.5. The first kappa shape index (κ1) is 22.5. The van der Waals surface area contributed by atoms with Crippen LogP contribution >= 0.6 is 0 Å². The highest BCUT2D eigenvalue weighted by Gasteiger charge is 2.65. The van der Waals surface area contributed by atoms with E-state index in [0.29, 0.717) is 11.4 Å². The zero-order valence-electron chi connectivity index (χ0n) is 19.1. The van der Waals surface area contributed by atoms with E-state index in [2.05, 4.69) is 39.3 Å². The normalized spacial score (nSPS) is 22.9. The lowest BCUT2D eigenvalue weighted by molar-refractivity contribution is 0.0917. The van der Waals surface area contributed by atoms with Gasteiger partial charge in [-0.05, 0) is 54.9 Å². The number of aromatic nitrogens is 4. The SMILES string of the molecule is C[C@H](O)CNC(=O)c1cncc([C@@]23CC[C@@H](c4cc(-c5c(F)cccc5F)nnc42)C3(C)C)n1. The van der Waals surface area contributed by atoms with Gasteiger partial charge >= 0.3 is 0 Å². The maximum absolute atomic E-state index is 14.4. The van der Waals surface area contributed by atoms with Crippen molar-refractivity contribution in [3.63, 3.8) is 0 Å². The van der Waals surface area contributed by atoms with Crippen LogP contribution in [-0.4, -0.2) is 43.8 Å². The number of hydrogen-bond donors (Lipinski definition) is 2. The van der Waals surface area contributed by atoms with Crippen molar-refractivity contribution in [2.75, 3.05) is 6.54 Å². The van der Waals surface area contributed by atoms with E-state index in [-0.39, 0.29) is 34.8 Å². The van der Waals surface area contributed by atoms with Gasteiger partial charge in [-0.25, -0.2) is 13.8 Å². The van der Waals surface area contributed by atoms with Crippen molar-refractivity contribution in [2.24, 2.45) is 5.41 Å². The molecule has 1 saturated carbocycles. The standard InChI is InChI=1S/C25H25F2N5O2/c1-13(33)10-29-23(34)19-11-28-12-20(30-19)25-8-7-15(24(25,2)3)14-9-18(31-32-22(14)25)21-16(26)5-4-6-17(21)27/h4-6,9,11-13,15,33H,7-8,10H2,1-3H3,(H,29,34)/t13-,15-,25-/m0/s1. The second-order valence-electron chi connectivity index (χ2n) is 9.70. The summed E-state index contributed by atoms with van der Waals surface area (Å²) in [7, 11) is 0. The van der Waals surface area contributed by atoms with Gasteiger partial charge in [0.25, 0.3) is 5.91 Å². The van der Waals surface area contributed by atoms with Crippen LogP contribution < -0.4 is 5.32 Å². The Balaban J connectivity index is 1.61. The Bertz CT molecular complexity index is 1280. The highest BCUT2D eigenvalue weighted by molar-refractivity contribution is 5.92. The van der Waals surface area contributed by atoms with Gasteiger partial charge in [-0.15, -0.1) is 5.10 Å². The number of nitrogens with zero attached hydrogens (tertiary/aromatic N) is 4. The molecule has 2 aliphatic carbocycles. The summed E-state index contributed by atoms with van der Waals surface area (Å²) >= 11 is 0. The van der Waals surface area contributed by atoms with Gasteiger partial charge in [0, 0.05) is 12.7 Å². The summed E-state index contributed by atoms with van der Waals surface area (Å²) in [5.74, 6) is -1.71. The van der Waals surface area contributed by atoms with Crippen molar-refractivity contribution in [3.05, 3.63) is 70.9 Å². The molecule has 1 amide bonds. The molecule has 1 aromatic carbocycles. The van der Waals surface area contributed by atoms with E-state index in [1.54, 1.807) is 19.2 Å². The Labute approximate surface area is 195 Å². The summed E-state index contributed by atoms with van der Waals surface area (Å²) in [5.41, 5.74) is 1.37. The zero-order valence-corrected chi connectivity index (χ0v) is 19.1. The van der Waals surface area contributed by atoms with Gasteiger partial charge in [-0.2, -0.15) is 5.10 Å². The summed E-state index contributed by atoms with van der Waals surface area (Å²) in [6.07, 6.45) is 3.94. The highest BCUT2D eigenvalue weighted by Crippen LogP contribution is 2.69. The molecule has 9 heteroatoms. The van der Waals surface area contributed by atoms with Gasteiger partial charge < -0.3 is 10.4 Å². The second-order valence-corrected chi connectivity index (χ2v) is 9.70. The number of benzene rings is 1. The molecule has 0 unspecified atom stereocenters. The summed E-state index contributed by atoms with van der Waals surface area (Å²) in [6.45, 7) is 5.93. The Morgan fingerprint density at radius 2 is 1.97 bits per heavy atom. The van der Waals surface area contributed by atoms with Crippen LogP contribution in [-0.2, 0) is 5.41 Å². The number of carbonyl (C=O) groups excluding carboxylic acids is 1. The third-order valence-electron chi connectivity index (χ3n) is 7.46. The number of halogens is 2. The first-order chi connectivity index (χ1) is 16.2. The van der Waals surface area contributed by atoms with E-state index in [1.165, 1.54) is 24.4 Å². The second kappa shape index (κ2) is 7.87. The number of nitrogens with one attached hydrogen (secondary N) is 1. The van der Waals surface area contributed by atoms with Crippen molar-refractivity contribution in [1.29, 1.82) is 0 Å². The predicted molar refractivity (Wildman–Crippen MR) is 120 cm³/mol. The number of aliphatic hydroxyl groups excluding tert-OH is 1. The average molecular weight is 466 g/mol. The third kappa shape index (κ3) is 3.14. The summed E-state index contributed by atoms with van der Waals surface area (Å²) < 4.78 is 28.8. The van der Waals surface area contributed by atoms with E-state index >= 15 is 0 Å². The lowest BCUT2D eigenvalue weighted by Crippen LogP contribution is -2.39. The van der Waals surface area contributed by atoms with Crippen LogP contribution in [0.5, 0.6) is 0 Å². The molecule has 0 aliphatic heterocycles. The van der Waals surface area contributed by atoms with Crippen LogP contribution in [0.1, 0.15) is 67.0 Å². The molecule has 3 atom stereocenters. The first-order valence-electron chi connectivity index (χ1n) is 11.3. The Morgan fingerprint density at radius 3 is 2.68 bits per heavy atom. The molecule has 2 N–H and O–H groups in total. The van der Waals surface area contributed by atoms with E-state index < -0.39 is 29.1 Å². The third-order valence-corrected chi connectivity index (χ3v) is 7.46. The Morgan fingerprint density at radius 1 is 1.24 bits per heavy atom. The minimum absolute atomic E-state index is 0.0844. The minimum Gasteiger partial charge on any atom is -0.392 e. The number of aliphatic hydroxyl groups is 1. The number of hydrogen-bond acceptors (Lipinski definition) is 6. The molecule has 34 heavy (non-hydrogen) atoms. The van der Waals surface area contributed by atoms with Crippen LogP contribution in [0.25, 0.3) is 11.3 Å². The molecule has 0 spiro atoms. The topological polar surface area (TPSA) is 101 Å². The largest absolute Gasteiger partial charge is 0.392 e. The minimum atomic E-state index is -0.687. The molecule has 176 valence electrons. The Kier molecular flexibility index (Phi) is 5.20. The maximum atomic E-state index is 14.4. The monoisotopic (exact) mass is 465 g/mol. The van der Waals surface area contributed by atoms with Gasteiger partial charge in [0.1, 0.15) is 17.3 Å². The lowest BCUT2D eigenvalue weighted by atomic mass is 9.66. The molecule has 2 aliphatic rings. The molecular weight excluding hydrogens is 440 g/mol. The fourth-order valence-electron chi connectivity index (χ4n) is 5.77. The molecule has 2 aromatic heterocycles. The van der Waals surface area contributed by atoms with Crippen molar-refractivity contribution >= 4 is 5.91 Å². The Hall–Kier alpha value is -3.33. The summed E-state index contributed by atoms with van der Waals surface area (Å²) in [5, 5.41) is 20.8. The molecule has 2 bridgehead atoms. The van der Waals surface area contributed by atoms with E-state index in [0.717, 1.165) is 18.4 Å². The average Bonchev–Trinajstić information content (AvgIpc) is 3.18. The molecule has 0 saturated heterocycles. The van der Waals surface area contributed by atoms with Gasteiger partial charge in [0.05, 0.1) is 40.4 Å². The van der Waals surface area contributed by atoms with Crippen molar-refractivity contribution in [1.82, 2.24) is 25.5 Å². The number of amides is 1. The molecule has 7 nitrogen and oxygen atoms in total. The molecule has 5 rings (SSSR count). The first-order valence-corrected chi connectivity index (χ1v) is 11.3. The smallest absolute Gasteiger partial charge is 0.271 e. The molecule has 0 radical (unpaired) electrons. The number of fused-ring (bicyclic) bond motifs is 5. The van der Waals surface area contributed by atoms with Crippen molar-refractivity contribution in [2.45, 2.75) is 51.0 Å². The van der Waals surface area contributed by atoms with Crippen molar-refractivity contribution in [3.8, 4) is 11.3 Å². The van der Waals surface area contributed by atoms with E-state index in [4.69, 9.17) is 0 Å². The van der Waals surface area contributed by atoms with E-state index in [9.17, 15) is 18.7 Å². The van der Waals surface area contributed by atoms with Crippen LogP contribution in [0.2, 0.25) is 0 Å². The molecule has 2 heterocycles. The molecule has 3 aromatic rings. The molecular formula is C25H25F2N5O2. The van der Waals surface area contributed by atoms with Crippen LogP contribution in [0.15, 0.2) is 36.7 Å². The fourth-order valence-corrected chi connectivity index (χ4v) is 5.77. The van der Waals surface area contributed by atoms with Crippen LogP contribution in [0, 0.1) is 17.0 Å². The maximum Gasteiger partial charge on any atom is 0.271 e. The number of carbonyl (C=O) groups is 1. The summed E-state index contributed by atoms with van der Waals surface area (Å²) in [6, 6.07) is 5.46. The van der Waals surface area contributed by atoms with Crippen molar-refractivity contribution < 1.29 is 18.7 Å².